The lowest BCUT2D eigenvalue weighted by Crippen LogP contribution is -2.48. The monoisotopic (exact) mass is 399 g/mol. The molecular weight excluding hydrogens is 373 g/mol. The number of carbonyl (C=O) groups is 2. The van der Waals surface area contributed by atoms with Crippen molar-refractivity contribution in [2.24, 2.45) is 5.92 Å². The van der Waals surface area contributed by atoms with Crippen LogP contribution in [0.1, 0.15) is 32.3 Å². The summed E-state index contributed by atoms with van der Waals surface area (Å²) in [5.41, 5.74) is 0.930. The molecule has 0 saturated carbocycles. The standard InChI is InChI=1S/C19H27Cl2N3O2/c1-3-23(4-2)19(26)24-12-9-15(10-13-24)18(25)22-11-8-14-6-5-7-16(20)17(14)21/h5-7,15H,3-4,8-13H2,1-2H3,(H,22,25). The van der Waals surface area contributed by atoms with Crippen molar-refractivity contribution in [1.29, 1.82) is 0 Å². The summed E-state index contributed by atoms with van der Waals surface area (Å²) in [4.78, 5) is 28.4. The molecule has 144 valence electrons. The zero-order valence-corrected chi connectivity index (χ0v) is 16.9. The Hall–Kier alpha value is -1.46. The molecule has 0 aliphatic carbocycles. The van der Waals surface area contributed by atoms with Crippen molar-refractivity contribution in [3.05, 3.63) is 33.8 Å². The third-order valence-corrected chi connectivity index (χ3v) is 5.75. The minimum Gasteiger partial charge on any atom is -0.356 e. The molecule has 1 N–H and O–H groups in total. The number of hydrogen-bond donors (Lipinski definition) is 1. The number of amides is 3. The Morgan fingerprint density at radius 1 is 1.19 bits per heavy atom. The Morgan fingerprint density at radius 3 is 2.46 bits per heavy atom. The molecule has 0 unspecified atom stereocenters. The van der Waals surface area contributed by atoms with E-state index >= 15 is 0 Å². The quantitative estimate of drug-likeness (QED) is 0.789. The molecule has 0 atom stereocenters. The first-order valence-corrected chi connectivity index (χ1v) is 9.97. The van der Waals surface area contributed by atoms with Crippen molar-refractivity contribution in [2.75, 3.05) is 32.7 Å². The molecule has 2 rings (SSSR count). The molecule has 1 aromatic carbocycles. The summed E-state index contributed by atoms with van der Waals surface area (Å²) in [6.45, 7) is 7.17. The van der Waals surface area contributed by atoms with E-state index in [2.05, 4.69) is 5.32 Å². The minimum absolute atomic E-state index is 0.0365. The number of carbonyl (C=O) groups excluding carboxylic acids is 2. The van der Waals surface area contributed by atoms with Crippen LogP contribution in [0.15, 0.2) is 18.2 Å². The molecule has 0 bridgehead atoms. The van der Waals surface area contributed by atoms with Crippen LogP contribution in [0.2, 0.25) is 10.0 Å². The summed E-state index contributed by atoms with van der Waals surface area (Å²) in [5, 5.41) is 4.06. The average molecular weight is 400 g/mol. The van der Waals surface area contributed by atoms with Crippen LogP contribution in [-0.4, -0.2) is 54.5 Å². The van der Waals surface area contributed by atoms with Crippen molar-refractivity contribution in [2.45, 2.75) is 33.1 Å². The molecular formula is C19H27Cl2N3O2. The van der Waals surface area contributed by atoms with E-state index in [9.17, 15) is 9.59 Å². The molecule has 1 saturated heterocycles. The van der Waals surface area contributed by atoms with Gasteiger partial charge in [0.25, 0.3) is 0 Å². The molecule has 7 heteroatoms. The minimum atomic E-state index is -0.0365. The lowest BCUT2D eigenvalue weighted by atomic mass is 9.96. The van der Waals surface area contributed by atoms with Crippen molar-refractivity contribution in [3.63, 3.8) is 0 Å². The van der Waals surface area contributed by atoms with Gasteiger partial charge in [0.15, 0.2) is 0 Å². The summed E-state index contributed by atoms with van der Waals surface area (Å²) < 4.78 is 0. The van der Waals surface area contributed by atoms with Crippen LogP contribution in [0.4, 0.5) is 4.79 Å². The number of benzene rings is 1. The average Bonchev–Trinajstić information content (AvgIpc) is 2.66. The highest BCUT2D eigenvalue weighted by molar-refractivity contribution is 6.42. The first-order chi connectivity index (χ1) is 12.5. The molecule has 1 heterocycles. The first-order valence-electron chi connectivity index (χ1n) is 9.22. The van der Waals surface area contributed by atoms with Gasteiger partial charge < -0.3 is 15.1 Å². The number of likely N-dealkylation sites (tertiary alicyclic amines) is 1. The Morgan fingerprint density at radius 2 is 1.85 bits per heavy atom. The fourth-order valence-electron chi connectivity index (χ4n) is 3.23. The van der Waals surface area contributed by atoms with Crippen LogP contribution in [0.5, 0.6) is 0 Å². The zero-order valence-electron chi connectivity index (χ0n) is 15.4. The predicted molar refractivity (Wildman–Crippen MR) is 106 cm³/mol. The highest BCUT2D eigenvalue weighted by Crippen LogP contribution is 2.25. The van der Waals surface area contributed by atoms with Crippen LogP contribution in [0, 0.1) is 5.92 Å². The van der Waals surface area contributed by atoms with E-state index in [1.54, 1.807) is 6.07 Å². The van der Waals surface area contributed by atoms with Gasteiger partial charge in [-0.15, -0.1) is 0 Å². The van der Waals surface area contributed by atoms with Crippen LogP contribution >= 0.6 is 23.2 Å². The van der Waals surface area contributed by atoms with Gasteiger partial charge in [-0.05, 0) is 44.7 Å². The smallest absolute Gasteiger partial charge is 0.319 e. The summed E-state index contributed by atoms with van der Waals surface area (Å²) in [5.74, 6) is 0.0173. The molecule has 1 fully saturated rings. The number of hydrogen-bond acceptors (Lipinski definition) is 2. The maximum Gasteiger partial charge on any atom is 0.319 e. The van der Waals surface area contributed by atoms with Gasteiger partial charge in [-0.1, -0.05) is 35.3 Å². The largest absolute Gasteiger partial charge is 0.356 e. The van der Waals surface area contributed by atoms with Gasteiger partial charge in [0.1, 0.15) is 0 Å². The van der Waals surface area contributed by atoms with Gasteiger partial charge >= 0.3 is 6.03 Å². The first kappa shape index (κ1) is 20.8. The fraction of sp³-hybridized carbons (Fsp3) is 0.579. The van der Waals surface area contributed by atoms with E-state index in [0.717, 1.165) is 5.56 Å². The highest BCUT2D eigenvalue weighted by Gasteiger charge is 2.28. The Labute approximate surface area is 165 Å². The maximum atomic E-state index is 12.4. The normalized spacial score (nSPS) is 15.0. The second-order valence-corrected chi connectivity index (χ2v) is 7.26. The van der Waals surface area contributed by atoms with E-state index in [1.807, 2.05) is 35.8 Å². The van der Waals surface area contributed by atoms with Crippen LogP contribution in [-0.2, 0) is 11.2 Å². The van der Waals surface area contributed by atoms with Gasteiger partial charge in [-0.25, -0.2) is 4.79 Å². The molecule has 0 spiro atoms. The van der Waals surface area contributed by atoms with E-state index < -0.39 is 0 Å². The second-order valence-electron chi connectivity index (χ2n) is 6.47. The van der Waals surface area contributed by atoms with Gasteiger partial charge in [0.05, 0.1) is 10.0 Å². The van der Waals surface area contributed by atoms with Gasteiger partial charge in [-0.3, -0.25) is 4.79 Å². The number of urea groups is 1. The predicted octanol–water partition coefficient (Wildman–Crippen LogP) is 3.83. The van der Waals surface area contributed by atoms with Gasteiger partial charge in [0, 0.05) is 38.6 Å². The van der Waals surface area contributed by atoms with Crippen molar-refractivity contribution >= 4 is 35.1 Å². The molecule has 1 aliphatic heterocycles. The van der Waals surface area contributed by atoms with Crippen molar-refractivity contribution in [1.82, 2.24) is 15.1 Å². The molecule has 26 heavy (non-hydrogen) atoms. The Balaban J connectivity index is 1.76. The summed E-state index contributed by atoms with van der Waals surface area (Å²) in [6.07, 6.45) is 2.05. The zero-order chi connectivity index (χ0) is 19.1. The summed E-state index contributed by atoms with van der Waals surface area (Å²) >= 11 is 12.2. The van der Waals surface area contributed by atoms with E-state index in [-0.39, 0.29) is 17.9 Å². The molecule has 5 nitrogen and oxygen atoms in total. The third kappa shape index (κ3) is 5.27. The van der Waals surface area contributed by atoms with Gasteiger partial charge in [0.2, 0.25) is 5.91 Å². The van der Waals surface area contributed by atoms with Crippen LogP contribution < -0.4 is 5.32 Å². The number of halogens is 2. The topological polar surface area (TPSA) is 52.7 Å². The second kappa shape index (κ2) is 10.0. The number of piperidine rings is 1. The molecule has 0 radical (unpaired) electrons. The lowest BCUT2D eigenvalue weighted by molar-refractivity contribution is -0.126. The van der Waals surface area contributed by atoms with Crippen molar-refractivity contribution < 1.29 is 9.59 Å². The molecule has 1 aromatic rings. The Bertz CT molecular complexity index is 627. The number of rotatable bonds is 6. The molecule has 0 aromatic heterocycles. The number of nitrogens with zero attached hydrogens (tertiary/aromatic N) is 2. The van der Waals surface area contributed by atoms with Crippen LogP contribution in [0.3, 0.4) is 0 Å². The van der Waals surface area contributed by atoms with Crippen LogP contribution in [0.25, 0.3) is 0 Å². The molecule has 1 aliphatic rings. The Kier molecular flexibility index (Phi) is 8.04. The SMILES string of the molecule is CCN(CC)C(=O)N1CCC(C(=O)NCCc2cccc(Cl)c2Cl)CC1. The van der Waals surface area contributed by atoms with Crippen molar-refractivity contribution in [3.8, 4) is 0 Å². The maximum absolute atomic E-state index is 12.4. The van der Waals surface area contributed by atoms with E-state index in [0.29, 0.717) is 62.0 Å². The lowest BCUT2D eigenvalue weighted by Gasteiger charge is -2.34. The molecule has 3 amide bonds. The summed E-state index contributed by atoms with van der Waals surface area (Å²) in [6, 6.07) is 5.59. The number of nitrogens with one attached hydrogen (secondary N) is 1. The summed E-state index contributed by atoms with van der Waals surface area (Å²) in [7, 11) is 0. The van der Waals surface area contributed by atoms with E-state index in [4.69, 9.17) is 23.2 Å². The third-order valence-electron chi connectivity index (χ3n) is 4.90. The van der Waals surface area contributed by atoms with E-state index in [1.165, 1.54) is 0 Å². The fourth-order valence-corrected chi connectivity index (χ4v) is 3.65. The highest BCUT2D eigenvalue weighted by atomic mass is 35.5. The van der Waals surface area contributed by atoms with Gasteiger partial charge in [-0.2, -0.15) is 0 Å².